The zero-order valence-electron chi connectivity index (χ0n) is 21.5. The molecular formula is C28H37ClFN5. The second kappa shape index (κ2) is 10.2. The molecule has 0 saturated carbocycles. The third-order valence-corrected chi connectivity index (χ3v) is 7.75. The van der Waals surface area contributed by atoms with Crippen LogP contribution in [-0.2, 0) is 6.42 Å². The van der Waals surface area contributed by atoms with Gasteiger partial charge in [-0.25, -0.2) is 14.4 Å². The molecule has 3 aromatic rings. The molecule has 3 heterocycles. The number of hydrogen-bond donors (Lipinski definition) is 1. The van der Waals surface area contributed by atoms with Gasteiger partial charge in [0.2, 0.25) is 0 Å². The van der Waals surface area contributed by atoms with Crippen LogP contribution >= 0.6 is 11.6 Å². The molecule has 1 fully saturated rings. The fraction of sp³-hybridized carbons (Fsp3) is 0.500. The summed E-state index contributed by atoms with van der Waals surface area (Å²) in [6, 6.07) is 1.78. The van der Waals surface area contributed by atoms with Gasteiger partial charge < -0.3 is 10.6 Å². The van der Waals surface area contributed by atoms with Crippen molar-refractivity contribution in [1.29, 1.82) is 0 Å². The van der Waals surface area contributed by atoms with Crippen molar-refractivity contribution in [2.75, 3.05) is 18.8 Å². The highest BCUT2D eigenvalue weighted by atomic mass is 35.5. The van der Waals surface area contributed by atoms with Crippen molar-refractivity contribution in [1.82, 2.24) is 19.3 Å². The summed E-state index contributed by atoms with van der Waals surface area (Å²) in [5.74, 6) is 1.82. The van der Waals surface area contributed by atoms with E-state index >= 15 is 4.39 Å². The quantitative estimate of drug-likeness (QED) is 0.387. The van der Waals surface area contributed by atoms with Crippen LogP contribution in [0, 0.1) is 24.6 Å². The molecule has 35 heavy (non-hydrogen) atoms. The third kappa shape index (κ3) is 4.77. The molecule has 2 N–H and O–H groups in total. The van der Waals surface area contributed by atoms with Gasteiger partial charge in [0, 0.05) is 42.7 Å². The monoisotopic (exact) mass is 497 g/mol. The van der Waals surface area contributed by atoms with E-state index in [1.165, 1.54) is 6.42 Å². The molecule has 1 aromatic carbocycles. The number of nitrogens with two attached hydrogens (primary N) is 1. The van der Waals surface area contributed by atoms with E-state index in [0.717, 1.165) is 72.1 Å². The topological polar surface area (TPSA) is 59.4 Å². The van der Waals surface area contributed by atoms with Gasteiger partial charge in [-0.05, 0) is 55.2 Å². The Morgan fingerprint density at radius 1 is 1.29 bits per heavy atom. The molecule has 5 nitrogen and oxygen atoms in total. The molecule has 0 aliphatic carbocycles. The molecule has 2 aromatic heterocycles. The first-order valence-corrected chi connectivity index (χ1v) is 13.1. The van der Waals surface area contributed by atoms with Crippen molar-refractivity contribution in [3.63, 3.8) is 0 Å². The van der Waals surface area contributed by atoms with Crippen LogP contribution in [0.3, 0.4) is 0 Å². The number of aryl methyl sites for hydroxylation is 1. The first kappa shape index (κ1) is 25.5. The number of piperidine rings is 1. The van der Waals surface area contributed by atoms with E-state index in [1.807, 2.05) is 17.5 Å². The lowest BCUT2D eigenvalue weighted by atomic mass is 9.85. The second-order valence-corrected chi connectivity index (χ2v) is 10.7. The van der Waals surface area contributed by atoms with Gasteiger partial charge in [-0.2, -0.15) is 0 Å². The van der Waals surface area contributed by atoms with Crippen molar-refractivity contribution in [2.45, 2.75) is 66.2 Å². The number of rotatable bonds is 7. The van der Waals surface area contributed by atoms with E-state index in [2.05, 4.69) is 44.2 Å². The molecule has 1 aliphatic heterocycles. The minimum Gasteiger partial charge on any atom is -0.382 e. The molecule has 0 bridgehead atoms. The van der Waals surface area contributed by atoms with E-state index in [9.17, 15) is 0 Å². The largest absolute Gasteiger partial charge is 0.382 e. The first-order chi connectivity index (χ1) is 16.6. The number of fused-ring (bicyclic) bond motifs is 1. The Labute approximate surface area is 213 Å². The number of halogens is 2. The number of likely N-dealkylation sites (tertiary alicyclic amines) is 1. The van der Waals surface area contributed by atoms with Crippen LogP contribution in [0.5, 0.6) is 0 Å². The summed E-state index contributed by atoms with van der Waals surface area (Å²) in [7, 11) is 0. The zero-order chi connectivity index (χ0) is 25.4. The van der Waals surface area contributed by atoms with Gasteiger partial charge in [0.25, 0.3) is 0 Å². The van der Waals surface area contributed by atoms with E-state index in [-0.39, 0.29) is 16.8 Å². The number of nitrogens with zero attached hydrogens (tertiary/aromatic N) is 4. The average molecular weight is 498 g/mol. The molecular weight excluding hydrogens is 461 g/mol. The normalized spacial score (nSPS) is 15.8. The summed E-state index contributed by atoms with van der Waals surface area (Å²) in [5.41, 5.74) is 11.0. The van der Waals surface area contributed by atoms with E-state index in [1.54, 1.807) is 12.3 Å². The molecule has 4 rings (SSSR count). The van der Waals surface area contributed by atoms with Crippen LogP contribution < -0.4 is 5.73 Å². The maximum absolute atomic E-state index is 15.8. The molecule has 0 spiro atoms. The minimum absolute atomic E-state index is 0.123. The van der Waals surface area contributed by atoms with Gasteiger partial charge in [0.1, 0.15) is 17.2 Å². The second-order valence-electron chi connectivity index (χ2n) is 10.3. The molecule has 1 aliphatic rings. The van der Waals surface area contributed by atoms with Gasteiger partial charge in [-0.15, -0.1) is 0 Å². The van der Waals surface area contributed by atoms with E-state index in [4.69, 9.17) is 22.3 Å². The predicted molar refractivity (Wildman–Crippen MR) is 143 cm³/mol. The summed E-state index contributed by atoms with van der Waals surface area (Å²) < 4.78 is 17.7. The summed E-state index contributed by atoms with van der Waals surface area (Å²) in [5, 5.41) is 0.123. The van der Waals surface area contributed by atoms with Gasteiger partial charge >= 0.3 is 0 Å². The summed E-state index contributed by atoms with van der Waals surface area (Å²) in [4.78, 5) is 11.3. The Morgan fingerprint density at radius 3 is 2.60 bits per heavy atom. The highest BCUT2D eigenvalue weighted by molar-refractivity contribution is 6.31. The molecule has 0 unspecified atom stereocenters. The summed E-state index contributed by atoms with van der Waals surface area (Å²) >= 11 is 6.54. The van der Waals surface area contributed by atoms with Crippen LogP contribution in [-0.4, -0.2) is 32.4 Å². The van der Waals surface area contributed by atoms with E-state index in [0.29, 0.717) is 17.3 Å². The van der Waals surface area contributed by atoms with Crippen molar-refractivity contribution >= 4 is 28.6 Å². The number of hydrogen-bond acceptors (Lipinski definition) is 4. The third-order valence-electron chi connectivity index (χ3n) is 7.47. The number of aromatic nitrogens is 3. The lowest BCUT2D eigenvalue weighted by Gasteiger charge is -2.36. The van der Waals surface area contributed by atoms with Crippen LogP contribution in [0.1, 0.15) is 81.1 Å². The SMILES string of the molecule is C=C(c1c(F)c(Cl)cc([C@H](C)c2nc(C)c3c(N)nccn23)c1CC(C)C)N1CCC(CC)CC1. The Hall–Kier alpha value is -2.60. The highest BCUT2D eigenvalue weighted by Crippen LogP contribution is 2.39. The van der Waals surface area contributed by atoms with Crippen molar-refractivity contribution < 1.29 is 4.39 Å². The first-order valence-electron chi connectivity index (χ1n) is 12.7. The molecule has 1 atom stereocenters. The standard InChI is InChI=1S/C28H37ClFN5/c1-7-20-8-11-34(12-9-20)19(6)24-22(14-16(2)3)21(15-23(29)25(24)30)17(4)28-33-18(5)26-27(31)32-10-13-35(26)28/h10,13,15-17,20H,6-9,11-12,14H2,1-5H3,(H2,31,32)/t17-/m0/s1. The van der Waals surface area contributed by atoms with Crippen molar-refractivity contribution in [2.24, 2.45) is 11.8 Å². The van der Waals surface area contributed by atoms with Crippen LogP contribution in [0.15, 0.2) is 25.0 Å². The van der Waals surface area contributed by atoms with E-state index < -0.39 is 0 Å². The minimum atomic E-state index is -0.376. The number of anilines is 1. The van der Waals surface area contributed by atoms with Crippen LogP contribution in [0.25, 0.3) is 11.2 Å². The van der Waals surface area contributed by atoms with Crippen LogP contribution in [0.4, 0.5) is 10.2 Å². The predicted octanol–water partition coefficient (Wildman–Crippen LogP) is 6.86. The Bertz CT molecular complexity index is 1240. The van der Waals surface area contributed by atoms with Gasteiger partial charge in [0.15, 0.2) is 5.82 Å². The lowest BCUT2D eigenvalue weighted by molar-refractivity contribution is 0.250. The Morgan fingerprint density at radius 2 is 1.97 bits per heavy atom. The lowest BCUT2D eigenvalue weighted by Crippen LogP contribution is -2.32. The van der Waals surface area contributed by atoms with Crippen molar-refractivity contribution in [3.8, 4) is 0 Å². The van der Waals surface area contributed by atoms with Crippen LogP contribution in [0.2, 0.25) is 5.02 Å². The van der Waals surface area contributed by atoms with Crippen molar-refractivity contribution in [3.05, 3.63) is 64.1 Å². The highest BCUT2D eigenvalue weighted by Gasteiger charge is 2.29. The smallest absolute Gasteiger partial charge is 0.151 e. The molecule has 7 heteroatoms. The molecule has 0 radical (unpaired) electrons. The summed E-state index contributed by atoms with van der Waals surface area (Å²) in [6.07, 6.45) is 7.68. The molecule has 1 saturated heterocycles. The Balaban J connectivity index is 1.85. The number of benzene rings is 1. The zero-order valence-corrected chi connectivity index (χ0v) is 22.3. The number of imidazole rings is 1. The Kier molecular flexibility index (Phi) is 7.41. The fourth-order valence-corrected chi connectivity index (χ4v) is 5.69. The van der Waals surface area contributed by atoms with Gasteiger partial charge in [-0.1, -0.05) is 52.3 Å². The van der Waals surface area contributed by atoms with Gasteiger partial charge in [-0.3, -0.25) is 4.40 Å². The summed E-state index contributed by atoms with van der Waals surface area (Å²) in [6.45, 7) is 16.8. The maximum atomic E-state index is 15.8. The average Bonchev–Trinajstić information content (AvgIpc) is 3.18. The maximum Gasteiger partial charge on any atom is 0.151 e. The molecule has 188 valence electrons. The fourth-order valence-electron chi connectivity index (χ4n) is 5.48. The number of nitrogen functional groups attached to an aromatic ring is 1. The van der Waals surface area contributed by atoms with Gasteiger partial charge in [0.05, 0.1) is 10.7 Å². The molecule has 0 amide bonds.